The van der Waals surface area contributed by atoms with E-state index in [0.29, 0.717) is 19.8 Å². The molecule has 0 aliphatic heterocycles. The fourth-order valence-electron chi connectivity index (χ4n) is 0.798. The van der Waals surface area contributed by atoms with Crippen LogP contribution in [0.1, 0.15) is 32.6 Å². The van der Waals surface area contributed by atoms with Crippen LogP contribution < -0.4 is 0 Å². The van der Waals surface area contributed by atoms with Crippen molar-refractivity contribution in [2.24, 2.45) is 0 Å². The normalized spacial score (nSPS) is 10.5. The first-order chi connectivity index (χ1) is 5.91. The summed E-state index contributed by atoms with van der Waals surface area (Å²) in [6.07, 6.45) is 4.24. The van der Waals surface area contributed by atoms with Crippen molar-refractivity contribution in [2.45, 2.75) is 32.6 Å². The Morgan fingerprint density at radius 3 is 2.25 bits per heavy atom. The highest BCUT2D eigenvalue weighted by atomic mass is 16.7. The average Bonchev–Trinajstić information content (AvgIpc) is 2.10. The van der Waals surface area contributed by atoms with E-state index < -0.39 is 0 Å². The number of aliphatic hydroxyl groups excluding tert-OH is 1. The molecule has 0 rings (SSSR count). The van der Waals surface area contributed by atoms with Gasteiger partial charge in [-0.25, -0.2) is 0 Å². The highest BCUT2D eigenvalue weighted by Crippen LogP contribution is 1.94. The summed E-state index contributed by atoms with van der Waals surface area (Å²) in [4.78, 5) is 0. The van der Waals surface area contributed by atoms with E-state index in [-0.39, 0.29) is 6.61 Å². The fraction of sp³-hybridized carbons (Fsp3) is 1.00. The Morgan fingerprint density at radius 2 is 1.67 bits per heavy atom. The van der Waals surface area contributed by atoms with Crippen molar-refractivity contribution in [1.82, 2.24) is 0 Å². The third-order valence-corrected chi connectivity index (χ3v) is 1.51. The first-order valence-corrected chi connectivity index (χ1v) is 4.68. The van der Waals surface area contributed by atoms with Crippen LogP contribution in [0, 0.1) is 0 Å². The van der Waals surface area contributed by atoms with E-state index in [0.717, 1.165) is 13.0 Å². The molecule has 0 fully saturated rings. The number of unbranched alkanes of at least 4 members (excludes halogenated alkanes) is 2. The minimum Gasteiger partial charge on any atom is -0.396 e. The second kappa shape index (κ2) is 10.9. The summed E-state index contributed by atoms with van der Waals surface area (Å²) in [5, 5.41) is 8.42. The van der Waals surface area contributed by atoms with Gasteiger partial charge in [0.25, 0.3) is 0 Å². The van der Waals surface area contributed by atoms with Gasteiger partial charge in [0.15, 0.2) is 0 Å². The second-order valence-corrected chi connectivity index (χ2v) is 2.72. The standard InChI is InChI=1S/C9H20O3/c1-2-3-4-7-11-9-12-8-5-6-10/h10H,2-9H2,1H3. The summed E-state index contributed by atoms with van der Waals surface area (Å²) in [5.41, 5.74) is 0. The highest BCUT2D eigenvalue weighted by Gasteiger charge is 1.88. The van der Waals surface area contributed by atoms with E-state index in [1.807, 2.05) is 0 Å². The number of ether oxygens (including phenoxy) is 2. The Kier molecular flexibility index (Phi) is 10.8. The Morgan fingerprint density at radius 1 is 1.00 bits per heavy atom. The molecular weight excluding hydrogens is 156 g/mol. The van der Waals surface area contributed by atoms with Gasteiger partial charge in [0.05, 0.1) is 6.61 Å². The number of hydrogen-bond donors (Lipinski definition) is 1. The largest absolute Gasteiger partial charge is 0.396 e. The maximum Gasteiger partial charge on any atom is 0.146 e. The van der Waals surface area contributed by atoms with Gasteiger partial charge in [0.2, 0.25) is 0 Å². The van der Waals surface area contributed by atoms with Crippen LogP contribution in [0.5, 0.6) is 0 Å². The van der Waals surface area contributed by atoms with Crippen molar-refractivity contribution in [1.29, 1.82) is 0 Å². The Bertz CT molecular complexity index is 66.2. The van der Waals surface area contributed by atoms with Gasteiger partial charge < -0.3 is 14.6 Å². The van der Waals surface area contributed by atoms with Gasteiger partial charge in [0, 0.05) is 13.2 Å². The Balaban J connectivity index is 2.73. The highest BCUT2D eigenvalue weighted by molar-refractivity contribution is 4.34. The van der Waals surface area contributed by atoms with E-state index in [1.165, 1.54) is 12.8 Å². The van der Waals surface area contributed by atoms with Crippen LogP contribution in [0.15, 0.2) is 0 Å². The summed E-state index contributed by atoms with van der Waals surface area (Å²) in [7, 11) is 0. The number of rotatable bonds is 9. The maximum atomic E-state index is 8.42. The van der Waals surface area contributed by atoms with Gasteiger partial charge in [-0.3, -0.25) is 0 Å². The lowest BCUT2D eigenvalue weighted by Gasteiger charge is -2.03. The summed E-state index contributed by atoms with van der Waals surface area (Å²) >= 11 is 0. The molecule has 0 aliphatic carbocycles. The molecule has 0 spiro atoms. The number of aliphatic hydroxyl groups is 1. The van der Waals surface area contributed by atoms with Gasteiger partial charge in [-0.05, 0) is 12.8 Å². The molecule has 0 saturated carbocycles. The quantitative estimate of drug-likeness (QED) is 0.428. The van der Waals surface area contributed by atoms with E-state index in [2.05, 4.69) is 6.92 Å². The summed E-state index contributed by atoms with van der Waals surface area (Å²) in [5.74, 6) is 0. The number of hydrogen-bond acceptors (Lipinski definition) is 3. The van der Waals surface area contributed by atoms with Crippen LogP contribution in [0.3, 0.4) is 0 Å². The molecule has 0 unspecified atom stereocenters. The first kappa shape index (κ1) is 11.9. The minimum atomic E-state index is 0.190. The predicted molar refractivity (Wildman–Crippen MR) is 48.0 cm³/mol. The third kappa shape index (κ3) is 9.88. The third-order valence-electron chi connectivity index (χ3n) is 1.51. The predicted octanol–water partition coefficient (Wildman–Crippen LogP) is 1.55. The minimum absolute atomic E-state index is 0.190. The van der Waals surface area contributed by atoms with Crippen molar-refractivity contribution in [2.75, 3.05) is 26.6 Å². The summed E-state index contributed by atoms with van der Waals surface area (Å²) < 4.78 is 10.3. The molecule has 0 heterocycles. The monoisotopic (exact) mass is 176 g/mol. The van der Waals surface area contributed by atoms with E-state index in [1.54, 1.807) is 0 Å². The molecule has 74 valence electrons. The van der Waals surface area contributed by atoms with Crippen LogP contribution in [0.25, 0.3) is 0 Å². The van der Waals surface area contributed by atoms with Crippen molar-refractivity contribution in [3.05, 3.63) is 0 Å². The van der Waals surface area contributed by atoms with Crippen molar-refractivity contribution >= 4 is 0 Å². The lowest BCUT2D eigenvalue weighted by Crippen LogP contribution is -2.03. The van der Waals surface area contributed by atoms with Crippen LogP contribution in [0.4, 0.5) is 0 Å². The van der Waals surface area contributed by atoms with Gasteiger partial charge >= 0.3 is 0 Å². The Labute approximate surface area is 74.7 Å². The fourth-order valence-corrected chi connectivity index (χ4v) is 0.798. The lowest BCUT2D eigenvalue weighted by atomic mass is 10.3. The van der Waals surface area contributed by atoms with Crippen LogP contribution in [-0.2, 0) is 9.47 Å². The molecule has 0 aromatic rings. The SMILES string of the molecule is CCCCCOCOCCCO. The van der Waals surface area contributed by atoms with E-state index in [9.17, 15) is 0 Å². The van der Waals surface area contributed by atoms with E-state index >= 15 is 0 Å². The summed E-state index contributed by atoms with van der Waals surface area (Å²) in [6.45, 7) is 4.09. The van der Waals surface area contributed by atoms with Gasteiger partial charge in [0.1, 0.15) is 6.79 Å². The lowest BCUT2D eigenvalue weighted by molar-refractivity contribution is -0.0572. The molecule has 0 bridgehead atoms. The van der Waals surface area contributed by atoms with Gasteiger partial charge in [-0.1, -0.05) is 19.8 Å². The molecule has 0 aliphatic rings. The maximum absolute atomic E-state index is 8.42. The average molecular weight is 176 g/mol. The van der Waals surface area contributed by atoms with Gasteiger partial charge in [-0.15, -0.1) is 0 Å². The van der Waals surface area contributed by atoms with E-state index in [4.69, 9.17) is 14.6 Å². The topological polar surface area (TPSA) is 38.7 Å². The zero-order chi connectivity index (χ0) is 9.07. The Hall–Kier alpha value is -0.120. The van der Waals surface area contributed by atoms with Gasteiger partial charge in [-0.2, -0.15) is 0 Å². The molecule has 3 nitrogen and oxygen atoms in total. The molecule has 12 heavy (non-hydrogen) atoms. The molecule has 3 heteroatoms. The second-order valence-electron chi connectivity index (χ2n) is 2.72. The smallest absolute Gasteiger partial charge is 0.146 e. The molecule has 0 aromatic heterocycles. The van der Waals surface area contributed by atoms with Crippen LogP contribution >= 0.6 is 0 Å². The first-order valence-electron chi connectivity index (χ1n) is 4.68. The van der Waals surface area contributed by atoms with Crippen LogP contribution in [0.2, 0.25) is 0 Å². The molecule has 0 aromatic carbocycles. The molecule has 1 N–H and O–H groups in total. The molecule has 0 amide bonds. The molecule has 0 saturated heterocycles. The molecule has 0 atom stereocenters. The molecule has 0 radical (unpaired) electrons. The zero-order valence-electron chi connectivity index (χ0n) is 7.92. The summed E-state index contributed by atoms with van der Waals surface area (Å²) in [6, 6.07) is 0. The molecular formula is C9H20O3. The van der Waals surface area contributed by atoms with Crippen LogP contribution in [-0.4, -0.2) is 31.7 Å². The van der Waals surface area contributed by atoms with Crippen molar-refractivity contribution in [3.8, 4) is 0 Å². The van der Waals surface area contributed by atoms with Crippen molar-refractivity contribution < 1.29 is 14.6 Å². The zero-order valence-corrected chi connectivity index (χ0v) is 7.92. The van der Waals surface area contributed by atoms with Crippen molar-refractivity contribution in [3.63, 3.8) is 0 Å².